The lowest BCUT2D eigenvalue weighted by molar-refractivity contribution is 0.222. The minimum Gasteiger partial charge on any atom is -0.380 e. The van der Waals surface area contributed by atoms with Gasteiger partial charge in [0, 0.05) is 6.54 Å². The lowest BCUT2D eigenvalue weighted by Crippen LogP contribution is -2.37. The van der Waals surface area contributed by atoms with Crippen molar-refractivity contribution in [1.29, 1.82) is 0 Å². The quantitative estimate of drug-likeness (QED) is 0.820. The van der Waals surface area contributed by atoms with E-state index in [2.05, 4.69) is 22.0 Å². The number of hydrogen-bond acceptors (Lipinski definition) is 5. The van der Waals surface area contributed by atoms with Gasteiger partial charge in [0.15, 0.2) is 16.5 Å². The Bertz CT molecular complexity index is 616. The highest BCUT2D eigenvalue weighted by Crippen LogP contribution is 2.40. The molecule has 0 aliphatic heterocycles. The fourth-order valence-electron chi connectivity index (χ4n) is 3.28. The Morgan fingerprint density at radius 1 is 1.45 bits per heavy atom. The van der Waals surface area contributed by atoms with Crippen LogP contribution in [0.15, 0.2) is 21.6 Å². The first-order valence-corrected chi connectivity index (χ1v) is 8.35. The fourth-order valence-corrected chi connectivity index (χ4v) is 4.59. The lowest BCUT2D eigenvalue weighted by Gasteiger charge is -2.38. The first-order chi connectivity index (χ1) is 9.47. The van der Waals surface area contributed by atoms with E-state index < -0.39 is 10.0 Å². The van der Waals surface area contributed by atoms with Gasteiger partial charge in [0.25, 0.3) is 0 Å². The third kappa shape index (κ3) is 2.35. The van der Waals surface area contributed by atoms with Crippen molar-refractivity contribution in [3.8, 4) is 0 Å². The molecule has 0 spiro atoms. The highest BCUT2D eigenvalue weighted by atomic mass is 32.2. The van der Waals surface area contributed by atoms with Gasteiger partial charge in [-0.1, -0.05) is 17.3 Å². The molecule has 3 atom stereocenters. The van der Waals surface area contributed by atoms with Crippen molar-refractivity contribution in [2.45, 2.75) is 31.1 Å². The Balaban J connectivity index is 1.71. The molecule has 1 fully saturated rings. The number of allylic oxidation sites excluding steroid dienone is 2. The lowest BCUT2D eigenvalue weighted by atomic mass is 9.69. The summed E-state index contributed by atoms with van der Waals surface area (Å²) in [7, 11) is -3.65. The van der Waals surface area contributed by atoms with Crippen molar-refractivity contribution in [1.82, 2.24) is 9.88 Å². The van der Waals surface area contributed by atoms with Crippen LogP contribution in [-0.4, -0.2) is 20.1 Å². The van der Waals surface area contributed by atoms with Gasteiger partial charge in [-0.2, -0.15) is 0 Å². The molecular weight excluding hydrogens is 278 g/mol. The topological polar surface area (TPSA) is 98.2 Å². The standard InChI is InChI=1S/C13H19N3O3S/c1-8-12(13(14)16-19-8)20(17,18)15-7-11-6-9-2-4-10(11)5-3-9/h2,4,9-11,15H,3,5-7H2,1H3,(H2,14,16)/t9-,10-,11-/m0/s1. The van der Waals surface area contributed by atoms with E-state index in [0.29, 0.717) is 24.3 Å². The third-order valence-corrected chi connectivity index (χ3v) is 5.93. The number of hydrogen-bond donors (Lipinski definition) is 2. The molecule has 0 radical (unpaired) electrons. The van der Waals surface area contributed by atoms with E-state index in [1.807, 2.05) is 0 Å². The second-order valence-corrected chi connectivity index (χ2v) is 7.39. The highest BCUT2D eigenvalue weighted by Gasteiger charge is 2.33. The summed E-state index contributed by atoms with van der Waals surface area (Å²) in [4.78, 5) is -0.0333. The average molecular weight is 297 g/mol. The molecule has 1 heterocycles. The van der Waals surface area contributed by atoms with Crippen molar-refractivity contribution in [2.24, 2.45) is 17.8 Å². The Labute approximate surface area is 118 Å². The van der Waals surface area contributed by atoms with Crippen LogP contribution in [0, 0.1) is 24.7 Å². The molecular formula is C13H19N3O3S. The van der Waals surface area contributed by atoms with Gasteiger partial charge < -0.3 is 10.3 Å². The number of aryl methyl sites for hydroxylation is 1. The van der Waals surface area contributed by atoms with E-state index in [1.165, 1.54) is 6.42 Å². The van der Waals surface area contributed by atoms with E-state index in [1.54, 1.807) is 6.92 Å². The number of anilines is 1. The average Bonchev–Trinajstić information content (AvgIpc) is 2.78. The van der Waals surface area contributed by atoms with Crippen molar-refractivity contribution >= 4 is 15.8 Å². The second kappa shape index (κ2) is 4.89. The summed E-state index contributed by atoms with van der Waals surface area (Å²) >= 11 is 0. The van der Waals surface area contributed by atoms with Gasteiger partial charge in [0.1, 0.15) is 0 Å². The van der Waals surface area contributed by atoms with E-state index >= 15 is 0 Å². The monoisotopic (exact) mass is 297 g/mol. The van der Waals surface area contributed by atoms with Gasteiger partial charge in [-0.05, 0) is 43.9 Å². The summed E-state index contributed by atoms with van der Waals surface area (Å²) in [6.45, 7) is 1.99. The van der Waals surface area contributed by atoms with E-state index in [0.717, 1.165) is 12.8 Å². The first-order valence-electron chi connectivity index (χ1n) is 6.87. The van der Waals surface area contributed by atoms with Crippen LogP contribution in [-0.2, 0) is 10.0 Å². The molecule has 1 aromatic heterocycles. The van der Waals surface area contributed by atoms with Crippen LogP contribution in [0.4, 0.5) is 5.82 Å². The molecule has 0 amide bonds. The zero-order chi connectivity index (χ0) is 14.3. The largest absolute Gasteiger partial charge is 0.380 e. The Kier molecular flexibility index (Phi) is 3.33. The Morgan fingerprint density at radius 3 is 2.75 bits per heavy atom. The number of aromatic nitrogens is 1. The van der Waals surface area contributed by atoms with Crippen molar-refractivity contribution in [2.75, 3.05) is 12.3 Å². The number of fused-ring (bicyclic) bond motifs is 2. The van der Waals surface area contributed by atoms with E-state index in [4.69, 9.17) is 10.3 Å². The van der Waals surface area contributed by atoms with Gasteiger partial charge in [-0.3, -0.25) is 0 Å². The summed E-state index contributed by atoms with van der Waals surface area (Å²) in [5.74, 6) is 1.61. The van der Waals surface area contributed by atoms with Gasteiger partial charge in [0.2, 0.25) is 10.0 Å². The molecule has 1 saturated carbocycles. The molecule has 110 valence electrons. The minimum atomic E-state index is -3.65. The maximum Gasteiger partial charge on any atom is 0.247 e. The SMILES string of the molecule is Cc1onc(N)c1S(=O)(=O)NC[C@@H]1C[C@H]2C=C[C@H]1CC2. The minimum absolute atomic E-state index is 0.0333. The zero-order valence-electron chi connectivity index (χ0n) is 11.4. The summed E-state index contributed by atoms with van der Waals surface area (Å²) < 4.78 is 32.0. The molecule has 6 nitrogen and oxygen atoms in total. The van der Waals surface area contributed by atoms with E-state index in [-0.39, 0.29) is 16.5 Å². The van der Waals surface area contributed by atoms with Crippen LogP contribution >= 0.6 is 0 Å². The molecule has 7 heteroatoms. The van der Waals surface area contributed by atoms with Gasteiger partial charge in [0.05, 0.1) is 0 Å². The van der Waals surface area contributed by atoms with Crippen molar-refractivity contribution in [3.63, 3.8) is 0 Å². The Hall–Kier alpha value is -1.34. The number of nitrogens with one attached hydrogen (secondary N) is 1. The highest BCUT2D eigenvalue weighted by molar-refractivity contribution is 7.89. The van der Waals surface area contributed by atoms with Gasteiger partial charge in [-0.15, -0.1) is 0 Å². The summed E-state index contributed by atoms with van der Waals surface area (Å²) in [5, 5.41) is 3.49. The molecule has 3 aliphatic rings. The predicted octanol–water partition coefficient (Wildman–Crippen LogP) is 1.45. The van der Waals surface area contributed by atoms with Crippen LogP contribution in [0.1, 0.15) is 25.0 Å². The number of rotatable bonds is 4. The number of sulfonamides is 1. The predicted molar refractivity (Wildman–Crippen MR) is 74.3 cm³/mol. The fraction of sp³-hybridized carbons (Fsp3) is 0.615. The number of nitrogens with zero attached hydrogens (tertiary/aromatic N) is 1. The van der Waals surface area contributed by atoms with Gasteiger partial charge >= 0.3 is 0 Å². The molecule has 20 heavy (non-hydrogen) atoms. The number of nitrogen functional groups attached to an aromatic ring is 1. The summed E-state index contributed by atoms with van der Waals surface area (Å²) in [5.41, 5.74) is 5.56. The van der Waals surface area contributed by atoms with Crippen LogP contribution in [0.25, 0.3) is 0 Å². The smallest absolute Gasteiger partial charge is 0.247 e. The van der Waals surface area contributed by atoms with Crippen LogP contribution < -0.4 is 10.5 Å². The molecule has 4 rings (SSSR count). The van der Waals surface area contributed by atoms with Crippen LogP contribution in [0.2, 0.25) is 0 Å². The normalized spacial score (nSPS) is 28.9. The van der Waals surface area contributed by atoms with E-state index in [9.17, 15) is 8.42 Å². The van der Waals surface area contributed by atoms with Gasteiger partial charge in [-0.25, -0.2) is 13.1 Å². The Morgan fingerprint density at radius 2 is 2.25 bits per heavy atom. The maximum atomic E-state index is 12.3. The number of nitrogens with two attached hydrogens (primary N) is 1. The third-order valence-electron chi connectivity index (χ3n) is 4.35. The molecule has 2 bridgehead atoms. The molecule has 0 saturated heterocycles. The second-order valence-electron chi connectivity index (χ2n) is 5.69. The molecule has 3 aliphatic carbocycles. The summed E-state index contributed by atoms with van der Waals surface area (Å²) in [6.07, 6.45) is 7.93. The van der Waals surface area contributed by atoms with Crippen LogP contribution in [0.5, 0.6) is 0 Å². The van der Waals surface area contributed by atoms with Crippen LogP contribution in [0.3, 0.4) is 0 Å². The molecule has 0 unspecified atom stereocenters. The summed E-state index contributed by atoms with van der Waals surface area (Å²) in [6, 6.07) is 0. The zero-order valence-corrected chi connectivity index (χ0v) is 12.2. The first kappa shape index (κ1) is 13.6. The molecule has 3 N–H and O–H groups in total. The molecule has 0 aromatic carbocycles. The molecule has 1 aromatic rings. The van der Waals surface area contributed by atoms with Crippen molar-refractivity contribution in [3.05, 3.63) is 17.9 Å². The van der Waals surface area contributed by atoms with Crippen molar-refractivity contribution < 1.29 is 12.9 Å². The maximum absolute atomic E-state index is 12.3.